The van der Waals surface area contributed by atoms with E-state index in [4.69, 9.17) is 5.11 Å². The Labute approximate surface area is 130 Å². The first-order valence-corrected chi connectivity index (χ1v) is 7.71. The zero-order chi connectivity index (χ0) is 15.5. The van der Waals surface area contributed by atoms with Crippen LogP contribution in [-0.2, 0) is 0 Å². The standard InChI is InChI=1S/C17H21N3O2/c1-20-8-3-6-12(7-9-20)13-4-2-5-14(10-13)15-11-16(17(21)22)19-18-15/h2,4-5,10-12H,3,6-9H2,1H3,(H,18,19)(H,21,22). The molecule has 0 spiro atoms. The first kappa shape index (κ1) is 14.8. The molecule has 1 atom stereocenters. The third-order valence-corrected chi connectivity index (χ3v) is 4.41. The quantitative estimate of drug-likeness (QED) is 0.914. The number of carbonyl (C=O) groups is 1. The maximum atomic E-state index is 11.0. The number of rotatable bonds is 3. The molecule has 5 nitrogen and oxygen atoms in total. The van der Waals surface area contributed by atoms with Crippen LogP contribution in [0.15, 0.2) is 30.3 Å². The van der Waals surface area contributed by atoms with E-state index in [9.17, 15) is 4.79 Å². The van der Waals surface area contributed by atoms with Crippen molar-refractivity contribution < 1.29 is 9.90 Å². The lowest BCUT2D eigenvalue weighted by atomic mass is 9.90. The van der Waals surface area contributed by atoms with Gasteiger partial charge < -0.3 is 10.0 Å². The van der Waals surface area contributed by atoms with Gasteiger partial charge in [-0.05, 0) is 63.0 Å². The highest BCUT2D eigenvalue weighted by molar-refractivity contribution is 5.86. The summed E-state index contributed by atoms with van der Waals surface area (Å²) in [6, 6.07) is 9.92. The molecule has 1 aliphatic rings. The number of aromatic nitrogens is 2. The van der Waals surface area contributed by atoms with Gasteiger partial charge >= 0.3 is 5.97 Å². The summed E-state index contributed by atoms with van der Waals surface area (Å²) in [5.74, 6) is -0.413. The Morgan fingerprint density at radius 3 is 2.95 bits per heavy atom. The zero-order valence-corrected chi connectivity index (χ0v) is 12.7. The van der Waals surface area contributed by atoms with Crippen LogP contribution in [0.4, 0.5) is 0 Å². The minimum atomic E-state index is -0.985. The smallest absolute Gasteiger partial charge is 0.353 e. The van der Waals surface area contributed by atoms with E-state index < -0.39 is 5.97 Å². The van der Waals surface area contributed by atoms with Gasteiger partial charge in [-0.1, -0.05) is 18.2 Å². The minimum Gasteiger partial charge on any atom is -0.477 e. The number of carboxylic acids is 1. The van der Waals surface area contributed by atoms with Crippen molar-refractivity contribution in [3.05, 3.63) is 41.6 Å². The van der Waals surface area contributed by atoms with Crippen molar-refractivity contribution in [1.82, 2.24) is 15.1 Å². The molecule has 0 radical (unpaired) electrons. The van der Waals surface area contributed by atoms with Crippen LogP contribution in [-0.4, -0.2) is 46.3 Å². The number of benzene rings is 1. The van der Waals surface area contributed by atoms with Gasteiger partial charge in [0.2, 0.25) is 0 Å². The largest absolute Gasteiger partial charge is 0.477 e. The minimum absolute atomic E-state index is 0.122. The first-order valence-electron chi connectivity index (χ1n) is 7.71. The predicted octanol–water partition coefficient (Wildman–Crippen LogP) is 2.97. The predicted molar refractivity (Wildman–Crippen MR) is 85.1 cm³/mol. The second-order valence-corrected chi connectivity index (χ2v) is 6.03. The molecule has 0 bridgehead atoms. The van der Waals surface area contributed by atoms with E-state index in [1.807, 2.05) is 12.1 Å². The molecule has 1 unspecified atom stereocenters. The molecule has 1 aromatic heterocycles. The number of nitrogens with zero attached hydrogens (tertiary/aromatic N) is 2. The first-order chi connectivity index (χ1) is 10.6. The molecule has 1 saturated heterocycles. The summed E-state index contributed by atoms with van der Waals surface area (Å²) in [4.78, 5) is 13.3. The summed E-state index contributed by atoms with van der Waals surface area (Å²) in [7, 11) is 2.18. The van der Waals surface area contributed by atoms with Crippen molar-refractivity contribution in [3.8, 4) is 11.3 Å². The van der Waals surface area contributed by atoms with Crippen LogP contribution >= 0.6 is 0 Å². The fourth-order valence-electron chi connectivity index (χ4n) is 3.10. The fourth-order valence-corrected chi connectivity index (χ4v) is 3.10. The highest BCUT2D eigenvalue weighted by Gasteiger charge is 2.17. The second kappa shape index (κ2) is 6.32. The summed E-state index contributed by atoms with van der Waals surface area (Å²) in [6.07, 6.45) is 3.59. The van der Waals surface area contributed by atoms with Gasteiger partial charge in [0, 0.05) is 5.56 Å². The lowest BCUT2D eigenvalue weighted by Gasteiger charge is -2.16. The molecule has 22 heavy (non-hydrogen) atoms. The van der Waals surface area contributed by atoms with Crippen LogP contribution in [0.1, 0.15) is 41.2 Å². The number of aromatic amines is 1. The van der Waals surface area contributed by atoms with E-state index in [1.165, 1.54) is 24.8 Å². The fraction of sp³-hybridized carbons (Fsp3) is 0.412. The Kier molecular flexibility index (Phi) is 4.24. The van der Waals surface area contributed by atoms with Crippen LogP contribution in [0.5, 0.6) is 0 Å². The molecule has 1 aliphatic heterocycles. The normalized spacial score (nSPS) is 19.8. The average Bonchev–Trinajstić information content (AvgIpc) is 2.91. The highest BCUT2D eigenvalue weighted by Crippen LogP contribution is 2.30. The highest BCUT2D eigenvalue weighted by atomic mass is 16.4. The van der Waals surface area contributed by atoms with Gasteiger partial charge in [0.1, 0.15) is 5.69 Å². The van der Waals surface area contributed by atoms with Crippen LogP contribution in [0, 0.1) is 0 Å². The van der Waals surface area contributed by atoms with E-state index in [-0.39, 0.29) is 5.69 Å². The van der Waals surface area contributed by atoms with Crippen LogP contribution in [0.3, 0.4) is 0 Å². The molecular weight excluding hydrogens is 278 g/mol. The van der Waals surface area contributed by atoms with Gasteiger partial charge in [0.15, 0.2) is 0 Å². The van der Waals surface area contributed by atoms with Crippen molar-refractivity contribution in [1.29, 1.82) is 0 Å². The van der Waals surface area contributed by atoms with E-state index >= 15 is 0 Å². The maximum Gasteiger partial charge on any atom is 0.353 e. The van der Waals surface area contributed by atoms with Gasteiger partial charge in [-0.15, -0.1) is 0 Å². The Bertz CT molecular complexity index is 665. The Morgan fingerprint density at radius 2 is 2.18 bits per heavy atom. The SMILES string of the molecule is CN1CCCC(c2cccc(-c3cc(C(=O)O)[nH]n3)c2)CC1. The van der Waals surface area contributed by atoms with Gasteiger partial charge in [-0.25, -0.2) is 4.79 Å². The maximum absolute atomic E-state index is 11.0. The Morgan fingerprint density at radius 1 is 1.32 bits per heavy atom. The lowest BCUT2D eigenvalue weighted by Crippen LogP contribution is -2.18. The molecule has 116 valence electrons. The molecular formula is C17H21N3O2. The van der Waals surface area contributed by atoms with Gasteiger partial charge in [0.05, 0.1) is 5.69 Å². The summed E-state index contributed by atoms with van der Waals surface area (Å²) in [5.41, 5.74) is 3.10. The third kappa shape index (κ3) is 3.20. The average molecular weight is 299 g/mol. The van der Waals surface area contributed by atoms with Crippen LogP contribution < -0.4 is 0 Å². The van der Waals surface area contributed by atoms with E-state index in [0.717, 1.165) is 18.7 Å². The topological polar surface area (TPSA) is 69.2 Å². The van der Waals surface area contributed by atoms with E-state index in [2.05, 4.69) is 34.3 Å². The van der Waals surface area contributed by atoms with Gasteiger partial charge in [-0.3, -0.25) is 5.10 Å². The number of nitrogens with one attached hydrogen (secondary N) is 1. The van der Waals surface area contributed by atoms with Crippen molar-refractivity contribution in [2.45, 2.75) is 25.2 Å². The molecule has 0 amide bonds. The number of hydrogen-bond acceptors (Lipinski definition) is 3. The number of carboxylic acid groups (broad SMARTS) is 1. The van der Waals surface area contributed by atoms with Crippen molar-refractivity contribution in [2.75, 3.05) is 20.1 Å². The Hall–Kier alpha value is -2.14. The Balaban J connectivity index is 1.83. The van der Waals surface area contributed by atoms with E-state index in [0.29, 0.717) is 11.6 Å². The number of H-pyrrole nitrogens is 1. The second-order valence-electron chi connectivity index (χ2n) is 6.03. The van der Waals surface area contributed by atoms with Crippen molar-refractivity contribution in [2.24, 2.45) is 0 Å². The molecule has 5 heteroatoms. The van der Waals surface area contributed by atoms with E-state index in [1.54, 1.807) is 6.07 Å². The summed E-state index contributed by atoms with van der Waals surface area (Å²) < 4.78 is 0. The monoisotopic (exact) mass is 299 g/mol. The zero-order valence-electron chi connectivity index (χ0n) is 12.7. The van der Waals surface area contributed by atoms with Crippen LogP contribution in [0.2, 0.25) is 0 Å². The number of likely N-dealkylation sites (tertiary alicyclic amines) is 1. The van der Waals surface area contributed by atoms with Crippen LogP contribution in [0.25, 0.3) is 11.3 Å². The molecule has 1 fully saturated rings. The molecule has 2 heterocycles. The van der Waals surface area contributed by atoms with Gasteiger partial charge in [-0.2, -0.15) is 5.10 Å². The molecule has 3 rings (SSSR count). The summed E-state index contributed by atoms with van der Waals surface area (Å²) in [5, 5.41) is 15.7. The van der Waals surface area contributed by atoms with Crippen molar-refractivity contribution >= 4 is 5.97 Å². The summed E-state index contributed by atoms with van der Waals surface area (Å²) in [6.45, 7) is 2.29. The third-order valence-electron chi connectivity index (χ3n) is 4.41. The lowest BCUT2D eigenvalue weighted by molar-refractivity contribution is 0.0690. The summed E-state index contributed by atoms with van der Waals surface area (Å²) >= 11 is 0. The molecule has 0 saturated carbocycles. The number of aromatic carboxylic acids is 1. The molecule has 2 N–H and O–H groups in total. The van der Waals surface area contributed by atoms with Gasteiger partial charge in [0.25, 0.3) is 0 Å². The molecule has 2 aromatic rings. The van der Waals surface area contributed by atoms with Crippen molar-refractivity contribution in [3.63, 3.8) is 0 Å². The molecule has 0 aliphatic carbocycles. The number of hydrogen-bond donors (Lipinski definition) is 2. The molecule has 1 aromatic carbocycles.